The Bertz CT molecular complexity index is 136. The second kappa shape index (κ2) is 2.21. The van der Waals surface area contributed by atoms with Crippen molar-refractivity contribution in [1.29, 1.82) is 0 Å². The fourth-order valence-electron chi connectivity index (χ4n) is 0.936. The van der Waals surface area contributed by atoms with Crippen LogP contribution in [0.5, 0.6) is 0 Å². The van der Waals surface area contributed by atoms with Crippen LogP contribution < -0.4 is 5.11 Å². The molecule has 1 aliphatic rings. The minimum absolute atomic E-state index is 0.326. The van der Waals surface area contributed by atoms with Gasteiger partial charge in [-0.1, -0.05) is 6.08 Å². The van der Waals surface area contributed by atoms with Crippen LogP contribution in [0.25, 0.3) is 0 Å². The molecule has 0 saturated heterocycles. The maximum absolute atomic E-state index is 10.2. The van der Waals surface area contributed by atoms with Gasteiger partial charge in [0.2, 0.25) is 0 Å². The molecular weight excluding hydrogens is 116 g/mol. The minimum atomic E-state index is -0.979. The average molecular weight is 125 g/mol. The Labute approximate surface area is 54.2 Å². The van der Waals surface area contributed by atoms with E-state index in [4.69, 9.17) is 0 Å². The second-order valence-corrected chi connectivity index (χ2v) is 2.42. The van der Waals surface area contributed by atoms with Gasteiger partial charge >= 0.3 is 0 Å². The summed E-state index contributed by atoms with van der Waals surface area (Å²) in [5.74, 6) is -1.05. The third kappa shape index (κ3) is 1.31. The average Bonchev–Trinajstić information content (AvgIpc) is 2.50. The summed E-state index contributed by atoms with van der Waals surface area (Å²) in [4.78, 5) is 10.2. The fraction of sp³-hybridized carbons (Fsp3) is 0.571. The first kappa shape index (κ1) is 6.33. The van der Waals surface area contributed by atoms with E-state index in [-0.39, 0.29) is 0 Å². The van der Waals surface area contributed by atoms with Crippen LogP contribution in [0.1, 0.15) is 12.8 Å². The highest BCUT2D eigenvalue weighted by atomic mass is 16.4. The third-order valence-corrected chi connectivity index (χ3v) is 1.66. The first-order chi connectivity index (χ1) is 4.25. The number of carbonyl (C=O) groups is 1. The number of rotatable bonds is 3. The van der Waals surface area contributed by atoms with Crippen LogP contribution in [-0.2, 0) is 4.79 Å². The van der Waals surface area contributed by atoms with Gasteiger partial charge in [-0.25, -0.2) is 0 Å². The zero-order valence-electron chi connectivity index (χ0n) is 5.17. The van der Waals surface area contributed by atoms with E-state index in [0.29, 0.717) is 5.92 Å². The molecule has 0 aliphatic heterocycles. The van der Waals surface area contributed by atoms with E-state index in [9.17, 15) is 9.90 Å². The largest absolute Gasteiger partial charge is 0.550 e. The van der Waals surface area contributed by atoms with E-state index in [1.165, 1.54) is 6.08 Å². The molecule has 1 rings (SSSR count). The molecular formula is C7H9O2-. The van der Waals surface area contributed by atoms with E-state index >= 15 is 0 Å². The van der Waals surface area contributed by atoms with Crippen molar-refractivity contribution in [2.45, 2.75) is 12.8 Å². The van der Waals surface area contributed by atoms with Gasteiger partial charge in [0.15, 0.2) is 0 Å². The number of carboxylic acid groups (broad SMARTS) is 1. The van der Waals surface area contributed by atoms with E-state index in [0.717, 1.165) is 12.8 Å². The Morgan fingerprint density at radius 3 is 2.44 bits per heavy atom. The van der Waals surface area contributed by atoms with Gasteiger partial charge in [-0.05, 0) is 18.8 Å². The van der Waals surface area contributed by atoms with Crippen LogP contribution in [0.15, 0.2) is 12.7 Å². The highest BCUT2D eigenvalue weighted by Gasteiger charge is 2.29. The van der Waals surface area contributed by atoms with Crippen molar-refractivity contribution in [1.82, 2.24) is 0 Å². The molecule has 1 aliphatic carbocycles. The molecule has 0 amide bonds. The summed E-state index contributed by atoms with van der Waals surface area (Å²) in [7, 11) is 0. The molecule has 0 spiro atoms. The molecule has 1 unspecified atom stereocenters. The molecule has 0 aromatic heterocycles. The molecule has 0 radical (unpaired) electrons. The van der Waals surface area contributed by atoms with Crippen molar-refractivity contribution in [3.05, 3.63) is 12.7 Å². The number of aliphatic carboxylic acids is 1. The quantitative estimate of drug-likeness (QED) is 0.496. The molecule has 0 heterocycles. The predicted molar refractivity (Wildman–Crippen MR) is 31.4 cm³/mol. The molecule has 0 aromatic carbocycles. The maximum atomic E-state index is 10.2. The van der Waals surface area contributed by atoms with Gasteiger partial charge in [-0.2, -0.15) is 0 Å². The van der Waals surface area contributed by atoms with Gasteiger partial charge in [0.1, 0.15) is 0 Å². The van der Waals surface area contributed by atoms with Crippen molar-refractivity contribution < 1.29 is 9.90 Å². The number of hydrogen-bond acceptors (Lipinski definition) is 2. The normalized spacial score (nSPS) is 20.9. The first-order valence-electron chi connectivity index (χ1n) is 3.09. The SMILES string of the molecule is C=CC(C(=O)[O-])C1CC1. The Hall–Kier alpha value is -0.790. The Morgan fingerprint density at radius 2 is 2.33 bits per heavy atom. The Kier molecular flexibility index (Phi) is 1.56. The summed E-state index contributed by atoms with van der Waals surface area (Å²) in [5, 5.41) is 10.2. The number of carbonyl (C=O) groups excluding carboxylic acids is 1. The molecule has 0 bridgehead atoms. The summed E-state index contributed by atoms with van der Waals surface area (Å²) < 4.78 is 0. The van der Waals surface area contributed by atoms with Crippen LogP contribution in [0.3, 0.4) is 0 Å². The van der Waals surface area contributed by atoms with Crippen molar-refractivity contribution in [3.8, 4) is 0 Å². The lowest BCUT2D eigenvalue weighted by atomic mass is 10.1. The predicted octanol–water partition coefficient (Wildman–Crippen LogP) is -0.0515. The van der Waals surface area contributed by atoms with Gasteiger partial charge in [0, 0.05) is 11.9 Å². The van der Waals surface area contributed by atoms with Crippen LogP contribution >= 0.6 is 0 Å². The monoisotopic (exact) mass is 125 g/mol. The van der Waals surface area contributed by atoms with Crippen molar-refractivity contribution in [3.63, 3.8) is 0 Å². The lowest BCUT2D eigenvalue weighted by Gasteiger charge is -2.10. The summed E-state index contributed by atoms with van der Waals surface area (Å²) in [6.07, 6.45) is 3.50. The molecule has 50 valence electrons. The van der Waals surface area contributed by atoms with Crippen molar-refractivity contribution in [2.75, 3.05) is 0 Å². The molecule has 9 heavy (non-hydrogen) atoms. The van der Waals surface area contributed by atoms with E-state index in [1.807, 2.05) is 0 Å². The molecule has 2 nitrogen and oxygen atoms in total. The summed E-state index contributed by atoms with van der Waals surface area (Å²) >= 11 is 0. The second-order valence-electron chi connectivity index (χ2n) is 2.42. The zero-order chi connectivity index (χ0) is 6.85. The van der Waals surface area contributed by atoms with E-state index in [2.05, 4.69) is 6.58 Å². The van der Waals surface area contributed by atoms with Gasteiger partial charge in [-0.15, -0.1) is 6.58 Å². The molecule has 0 aromatic rings. The topological polar surface area (TPSA) is 40.1 Å². The highest BCUT2D eigenvalue weighted by molar-refractivity contribution is 5.70. The van der Waals surface area contributed by atoms with Gasteiger partial charge < -0.3 is 9.90 Å². The summed E-state index contributed by atoms with van der Waals surface area (Å²) in [5.41, 5.74) is 0. The third-order valence-electron chi connectivity index (χ3n) is 1.66. The summed E-state index contributed by atoms with van der Waals surface area (Å²) in [6.45, 7) is 3.42. The molecule has 1 saturated carbocycles. The minimum Gasteiger partial charge on any atom is -0.550 e. The maximum Gasteiger partial charge on any atom is 0.0485 e. The van der Waals surface area contributed by atoms with Crippen LogP contribution in [0.2, 0.25) is 0 Å². The van der Waals surface area contributed by atoms with Crippen molar-refractivity contribution in [2.24, 2.45) is 11.8 Å². The van der Waals surface area contributed by atoms with Gasteiger partial charge in [0.05, 0.1) is 0 Å². The first-order valence-corrected chi connectivity index (χ1v) is 3.09. The zero-order valence-corrected chi connectivity index (χ0v) is 5.17. The Morgan fingerprint density at radius 1 is 1.78 bits per heavy atom. The highest BCUT2D eigenvalue weighted by Crippen LogP contribution is 2.36. The van der Waals surface area contributed by atoms with Gasteiger partial charge in [-0.3, -0.25) is 0 Å². The van der Waals surface area contributed by atoms with Crippen molar-refractivity contribution >= 4 is 5.97 Å². The summed E-state index contributed by atoms with van der Waals surface area (Å²) in [6, 6.07) is 0. The van der Waals surface area contributed by atoms with Crippen LogP contribution in [-0.4, -0.2) is 5.97 Å². The molecule has 2 heteroatoms. The lowest BCUT2D eigenvalue weighted by Crippen LogP contribution is -2.31. The number of hydrogen-bond donors (Lipinski definition) is 0. The van der Waals surface area contributed by atoms with Crippen LogP contribution in [0, 0.1) is 11.8 Å². The van der Waals surface area contributed by atoms with Crippen LogP contribution in [0.4, 0.5) is 0 Å². The molecule has 0 N–H and O–H groups in total. The van der Waals surface area contributed by atoms with E-state index in [1.54, 1.807) is 0 Å². The van der Waals surface area contributed by atoms with E-state index < -0.39 is 11.9 Å². The molecule has 1 fully saturated rings. The molecule has 1 atom stereocenters. The number of carboxylic acids is 1. The fourth-order valence-corrected chi connectivity index (χ4v) is 0.936. The smallest absolute Gasteiger partial charge is 0.0485 e. The standard InChI is InChI=1S/C7H10O2/c1-2-6(7(8)9)5-3-4-5/h2,5-6H,1,3-4H2,(H,8,9)/p-1. The lowest BCUT2D eigenvalue weighted by molar-refractivity contribution is -0.310. The Balaban J connectivity index is 2.47. The van der Waals surface area contributed by atoms with Gasteiger partial charge in [0.25, 0.3) is 0 Å².